The molecule has 0 unspecified atom stereocenters. The number of nitrogens with zero attached hydrogens (tertiary/aromatic N) is 2. The van der Waals surface area contributed by atoms with E-state index in [9.17, 15) is 10.1 Å². The van der Waals surface area contributed by atoms with Gasteiger partial charge in [0, 0.05) is 17.4 Å². The number of hydrogen-bond donors (Lipinski definition) is 1. The fourth-order valence-electron chi connectivity index (χ4n) is 1.74. The van der Waals surface area contributed by atoms with Gasteiger partial charge in [0.1, 0.15) is 11.6 Å². The molecule has 19 heavy (non-hydrogen) atoms. The lowest BCUT2D eigenvalue weighted by atomic mass is 10.1. The lowest BCUT2D eigenvalue weighted by Gasteiger charge is -2.07. The van der Waals surface area contributed by atoms with Crippen molar-refractivity contribution < 1.29 is 4.92 Å². The first-order chi connectivity index (χ1) is 9.10. The molecule has 0 aliphatic rings. The molecule has 2 rings (SSSR count). The fourth-order valence-corrected chi connectivity index (χ4v) is 1.74. The summed E-state index contributed by atoms with van der Waals surface area (Å²) in [5, 5.41) is 22.8. The number of anilines is 2. The molecule has 0 bridgehead atoms. The van der Waals surface area contributed by atoms with Crippen LogP contribution in [0.5, 0.6) is 0 Å². The number of nitro groups is 1. The van der Waals surface area contributed by atoms with Crippen LogP contribution in [-0.2, 0) is 0 Å². The highest BCUT2D eigenvalue weighted by Gasteiger charge is 2.14. The van der Waals surface area contributed by atoms with E-state index >= 15 is 0 Å². The summed E-state index contributed by atoms with van der Waals surface area (Å²) in [5.74, 6) is 0. The molecule has 0 saturated carbocycles. The van der Waals surface area contributed by atoms with E-state index in [4.69, 9.17) is 5.26 Å². The van der Waals surface area contributed by atoms with Crippen LogP contribution in [0, 0.1) is 28.4 Å². The quantitative estimate of drug-likeness (QED) is 0.670. The summed E-state index contributed by atoms with van der Waals surface area (Å²) in [6, 6.07) is 13.9. The molecule has 0 atom stereocenters. The smallest absolute Gasteiger partial charge is 0.289 e. The number of aryl methyl sites for hydroxylation is 1. The third-order valence-electron chi connectivity index (χ3n) is 2.62. The monoisotopic (exact) mass is 253 g/mol. The summed E-state index contributed by atoms with van der Waals surface area (Å²) >= 11 is 0. The second-order valence-electron chi connectivity index (χ2n) is 4.10. The molecule has 2 aromatic rings. The number of nitriles is 1. The average Bonchev–Trinajstić information content (AvgIpc) is 2.38. The Morgan fingerprint density at radius 1 is 1.21 bits per heavy atom. The molecule has 0 spiro atoms. The predicted octanol–water partition coefficient (Wildman–Crippen LogP) is 3.52. The van der Waals surface area contributed by atoms with E-state index in [-0.39, 0.29) is 11.3 Å². The van der Waals surface area contributed by atoms with Crippen molar-refractivity contribution in [3.8, 4) is 6.07 Å². The minimum Gasteiger partial charge on any atom is -0.355 e. The maximum absolute atomic E-state index is 10.9. The van der Waals surface area contributed by atoms with Crippen LogP contribution < -0.4 is 5.32 Å². The third-order valence-corrected chi connectivity index (χ3v) is 2.62. The lowest BCUT2D eigenvalue weighted by molar-refractivity contribution is -0.385. The van der Waals surface area contributed by atoms with Gasteiger partial charge in [-0.05, 0) is 36.8 Å². The Labute approximate surface area is 110 Å². The van der Waals surface area contributed by atoms with Crippen LogP contribution in [-0.4, -0.2) is 4.92 Å². The zero-order valence-electron chi connectivity index (χ0n) is 10.3. The van der Waals surface area contributed by atoms with Gasteiger partial charge in [-0.15, -0.1) is 0 Å². The number of nitrogens with one attached hydrogen (secondary N) is 1. The molecule has 0 saturated heterocycles. The predicted molar refractivity (Wildman–Crippen MR) is 72.3 cm³/mol. The fraction of sp³-hybridized carbons (Fsp3) is 0.0714. The molecule has 94 valence electrons. The molecule has 0 radical (unpaired) electrons. The van der Waals surface area contributed by atoms with Gasteiger partial charge < -0.3 is 5.32 Å². The van der Waals surface area contributed by atoms with Crippen molar-refractivity contribution in [2.24, 2.45) is 0 Å². The van der Waals surface area contributed by atoms with Gasteiger partial charge in [-0.25, -0.2) is 0 Å². The molecule has 0 fully saturated rings. The second kappa shape index (κ2) is 5.19. The first kappa shape index (κ1) is 12.6. The van der Waals surface area contributed by atoms with Gasteiger partial charge in [-0.3, -0.25) is 10.1 Å². The highest BCUT2D eigenvalue weighted by molar-refractivity contribution is 5.65. The van der Waals surface area contributed by atoms with Gasteiger partial charge >= 0.3 is 0 Å². The second-order valence-corrected chi connectivity index (χ2v) is 4.10. The summed E-state index contributed by atoms with van der Waals surface area (Å²) < 4.78 is 0. The molecule has 5 heteroatoms. The molecule has 2 aromatic carbocycles. The Balaban J connectivity index is 2.34. The standard InChI is InChI=1S/C14H11N3O2/c1-10-3-2-4-12(7-10)16-13-6-5-11(9-15)14(8-13)17(18)19/h2-8,16H,1H3. The Morgan fingerprint density at radius 3 is 2.58 bits per heavy atom. The zero-order valence-corrected chi connectivity index (χ0v) is 10.3. The molecule has 0 heterocycles. The van der Waals surface area contributed by atoms with Crippen LogP contribution in [0.3, 0.4) is 0 Å². The Bertz CT molecular complexity index is 675. The van der Waals surface area contributed by atoms with Gasteiger partial charge in [0.05, 0.1) is 4.92 Å². The van der Waals surface area contributed by atoms with Gasteiger partial charge in [-0.1, -0.05) is 12.1 Å². The van der Waals surface area contributed by atoms with Crippen molar-refractivity contribution in [2.75, 3.05) is 5.32 Å². The van der Waals surface area contributed by atoms with Gasteiger partial charge in [0.25, 0.3) is 5.69 Å². The van der Waals surface area contributed by atoms with Crippen molar-refractivity contribution in [3.05, 3.63) is 63.7 Å². The maximum Gasteiger partial charge on any atom is 0.289 e. The molecule has 1 N–H and O–H groups in total. The van der Waals surface area contributed by atoms with Crippen molar-refractivity contribution in [3.63, 3.8) is 0 Å². The Morgan fingerprint density at radius 2 is 1.95 bits per heavy atom. The highest BCUT2D eigenvalue weighted by atomic mass is 16.6. The normalized spacial score (nSPS) is 9.68. The molecule has 0 aromatic heterocycles. The average molecular weight is 253 g/mol. The van der Waals surface area contributed by atoms with Gasteiger partial charge in [-0.2, -0.15) is 5.26 Å². The first-order valence-corrected chi connectivity index (χ1v) is 5.62. The summed E-state index contributed by atoms with van der Waals surface area (Å²) in [4.78, 5) is 10.3. The molecule has 5 nitrogen and oxygen atoms in total. The topological polar surface area (TPSA) is 79.0 Å². The van der Waals surface area contributed by atoms with E-state index in [1.807, 2.05) is 37.3 Å². The molecular formula is C14H11N3O2. The molecular weight excluding hydrogens is 242 g/mol. The summed E-state index contributed by atoms with van der Waals surface area (Å²) in [6.07, 6.45) is 0. The Hall–Kier alpha value is -2.87. The van der Waals surface area contributed by atoms with Crippen LogP contribution in [0.4, 0.5) is 17.1 Å². The molecule has 0 aliphatic heterocycles. The van der Waals surface area contributed by atoms with Crippen LogP contribution in [0.25, 0.3) is 0 Å². The number of hydrogen-bond acceptors (Lipinski definition) is 4. The molecule has 0 aliphatic carbocycles. The summed E-state index contributed by atoms with van der Waals surface area (Å²) in [6.45, 7) is 1.96. The minimum atomic E-state index is -0.556. The van der Waals surface area contributed by atoms with E-state index in [1.54, 1.807) is 6.07 Å². The van der Waals surface area contributed by atoms with E-state index in [0.29, 0.717) is 5.69 Å². The van der Waals surface area contributed by atoms with Gasteiger partial charge in [0.15, 0.2) is 0 Å². The first-order valence-electron chi connectivity index (χ1n) is 5.62. The van der Waals surface area contributed by atoms with E-state index < -0.39 is 4.92 Å². The number of nitro benzene ring substituents is 1. The largest absolute Gasteiger partial charge is 0.355 e. The van der Waals surface area contributed by atoms with E-state index in [0.717, 1.165) is 11.3 Å². The zero-order chi connectivity index (χ0) is 13.8. The lowest BCUT2D eigenvalue weighted by Crippen LogP contribution is -1.96. The SMILES string of the molecule is Cc1cccc(Nc2ccc(C#N)c([N+](=O)[O-])c2)c1. The Kier molecular flexibility index (Phi) is 3.44. The van der Waals surface area contributed by atoms with E-state index in [2.05, 4.69) is 5.32 Å². The van der Waals surface area contributed by atoms with Gasteiger partial charge in [0.2, 0.25) is 0 Å². The van der Waals surface area contributed by atoms with Crippen LogP contribution in [0.15, 0.2) is 42.5 Å². The highest BCUT2D eigenvalue weighted by Crippen LogP contribution is 2.25. The molecule has 0 amide bonds. The number of rotatable bonds is 3. The van der Waals surface area contributed by atoms with Crippen molar-refractivity contribution >= 4 is 17.1 Å². The van der Waals surface area contributed by atoms with Crippen molar-refractivity contribution in [2.45, 2.75) is 6.92 Å². The van der Waals surface area contributed by atoms with Crippen LogP contribution in [0.1, 0.15) is 11.1 Å². The summed E-state index contributed by atoms with van der Waals surface area (Å²) in [7, 11) is 0. The summed E-state index contributed by atoms with van der Waals surface area (Å²) in [5.41, 5.74) is 2.38. The minimum absolute atomic E-state index is 0.0554. The van der Waals surface area contributed by atoms with Crippen LogP contribution >= 0.6 is 0 Å². The maximum atomic E-state index is 10.9. The number of benzene rings is 2. The van der Waals surface area contributed by atoms with Crippen molar-refractivity contribution in [1.82, 2.24) is 0 Å². The van der Waals surface area contributed by atoms with Crippen molar-refractivity contribution in [1.29, 1.82) is 5.26 Å². The third kappa shape index (κ3) is 2.87. The van der Waals surface area contributed by atoms with E-state index in [1.165, 1.54) is 12.1 Å². The van der Waals surface area contributed by atoms with Crippen LogP contribution in [0.2, 0.25) is 0 Å².